The molecule has 0 aliphatic carbocycles. The molecule has 0 saturated carbocycles. The van der Waals surface area contributed by atoms with E-state index >= 15 is 0 Å². The summed E-state index contributed by atoms with van der Waals surface area (Å²) in [5.41, 5.74) is 3.02. The standard InChI is InChI=1S/C19H19N3O3S/c1-12-6-4-7-14(13(12)2)20-18(23)11-22(3)19(24)15-10-16(25-21-15)17-8-5-9-26-17/h4-10H,11H2,1-3H3,(H,20,23). The van der Waals surface area contributed by atoms with Gasteiger partial charge in [-0.2, -0.15) is 0 Å². The molecule has 26 heavy (non-hydrogen) atoms. The predicted molar refractivity (Wildman–Crippen MR) is 101 cm³/mol. The zero-order valence-corrected chi connectivity index (χ0v) is 15.6. The quantitative estimate of drug-likeness (QED) is 0.743. The topological polar surface area (TPSA) is 75.4 Å². The number of likely N-dealkylation sites (N-methyl/N-ethyl adjacent to an activating group) is 1. The summed E-state index contributed by atoms with van der Waals surface area (Å²) >= 11 is 1.50. The number of nitrogens with one attached hydrogen (secondary N) is 1. The number of thiophene rings is 1. The molecule has 7 heteroatoms. The van der Waals surface area contributed by atoms with Gasteiger partial charge >= 0.3 is 0 Å². The first kappa shape index (κ1) is 17.9. The van der Waals surface area contributed by atoms with Gasteiger partial charge in [-0.1, -0.05) is 23.4 Å². The Balaban J connectivity index is 1.64. The first-order chi connectivity index (χ1) is 12.5. The molecule has 0 aliphatic heterocycles. The van der Waals surface area contributed by atoms with Crippen molar-refractivity contribution in [1.82, 2.24) is 10.1 Å². The number of anilines is 1. The lowest BCUT2D eigenvalue weighted by Gasteiger charge is -2.16. The average molecular weight is 369 g/mol. The zero-order valence-electron chi connectivity index (χ0n) is 14.8. The van der Waals surface area contributed by atoms with Crippen LogP contribution in [-0.4, -0.2) is 35.5 Å². The third-order valence-electron chi connectivity index (χ3n) is 4.10. The monoisotopic (exact) mass is 369 g/mol. The van der Waals surface area contributed by atoms with Crippen molar-refractivity contribution in [3.8, 4) is 10.6 Å². The summed E-state index contributed by atoms with van der Waals surface area (Å²) in [6.07, 6.45) is 0. The second-order valence-electron chi connectivity index (χ2n) is 6.01. The van der Waals surface area contributed by atoms with E-state index in [1.165, 1.54) is 16.2 Å². The Morgan fingerprint density at radius 1 is 1.23 bits per heavy atom. The molecule has 3 aromatic rings. The van der Waals surface area contributed by atoms with Crippen molar-refractivity contribution in [2.24, 2.45) is 0 Å². The van der Waals surface area contributed by atoms with Crippen LogP contribution in [0.15, 0.2) is 46.3 Å². The van der Waals surface area contributed by atoms with E-state index in [1.54, 1.807) is 13.1 Å². The lowest BCUT2D eigenvalue weighted by atomic mass is 10.1. The fraction of sp³-hybridized carbons (Fsp3) is 0.211. The SMILES string of the molecule is Cc1cccc(NC(=O)CN(C)C(=O)c2cc(-c3cccs3)on2)c1C. The van der Waals surface area contributed by atoms with E-state index in [9.17, 15) is 9.59 Å². The van der Waals surface area contributed by atoms with Crippen LogP contribution in [0.4, 0.5) is 5.69 Å². The molecule has 6 nitrogen and oxygen atoms in total. The minimum atomic E-state index is -0.368. The van der Waals surface area contributed by atoms with E-state index < -0.39 is 0 Å². The Labute approximate surface area is 155 Å². The minimum Gasteiger partial charge on any atom is -0.355 e. The van der Waals surface area contributed by atoms with Crippen LogP contribution in [0.1, 0.15) is 21.6 Å². The second kappa shape index (κ2) is 7.53. The van der Waals surface area contributed by atoms with Crippen LogP contribution < -0.4 is 5.32 Å². The Kier molecular flexibility index (Phi) is 5.18. The van der Waals surface area contributed by atoms with Crippen molar-refractivity contribution in [2.75, 3.05) is 18.9 Å². The average Bonchev–Trinajstić information content (AvgIpc) is 3.29. The molecule has 0 bridgehead atoms. The normalized spacial score (nSPS) is 10.6. The number of aromatic nitrogens is 1. The van der Waals surface area contributed by atoms with Crippen LogP contribution in [0.5, 0.6) is 0 Å². The van der Waals surface area contributed by atoms with Crippen LogP contribution >= 0.6 is 11.3 Å². The second-order valence-corrected chi connectivity index (χ2v) is 6.96. The zero-order chi connectivity index (χ0) is 18.7. The molecule has 2 amide bonds. The van der Waals surface area contributed by atoms with E-state index in [2.05, 4.69) is 10.5 Å². The van der Waals surface area contributed by atoms with Gasteiger partial charge in [0.2, 0.25) is 5.91 Å². The fourth-order valence-corrected chi connectivity index (χ4v) is 3.14. The lowest BCUT2D eigenvalue weighted by molar-refractivity contribution is -0.116. The summed E-state index contributed by atoms with van der Waals surface area (Å²) in [5.74, 6) is -0.0965. The highest BCUT2D eigenvalue weighted by molar-refractivity contribution is 7.13. The maximum atomic E-state index is 12.5. The Bertz CT molecular complexity index is 931. The molecule has 0 fully saturated rings. The van der Waals surface area contributed by atoms with Gasteiger partial charge in [0.15, 0.2) is 11.5 Å². The number of amides is 2. The van der Waals surface area contributed by atoms with Crippen molar-refractivity contribution in [3.63, 3.8) is 0 Å². The largest absolute Gasteiger partial charge is 0.355 e. The van der Waals surface area contributed by atoms with Crippen LogP contribution in [-0.2, 0) is 4.79 Å². The number of rotatable bonds is 5. The Hall–Kier alpha value is -2.93. The van der Waals surface area contributed by atoms with Gasteiger partial charge in [-0.05, 0) is 42.5 Å². The summed E-state index contributed by atoms with van der Waals surface area (Å²) in [7, 11) is 1.56. The van der Waals surface area contributed by atoms with Crippen LogP contribution in [0, 0.1) is 13.8 Å². The number of carbonyl (C=O) groups excluding carboxylic acids is 2. The van der Waals surface area contributed by atoms with Gasteiger partial charge in [-0.25, -0.2) is 0 Å². The van der Waals surface area contributed by atoms with Gasteiger partial charge in [0.05, 0.1) is 11.4 Å². The molecule has 0 unspecified atom stereocenters. The molecule has 2 aromatic heterocycles. The van der Waals surface area contributed by atoms with Crippen molar-refractivity contribution < 1.29 is 14.1 Å². The van der Waals surface area contributed by atoms with E-state index in [-0.39, 0.29) is 24.1 Å². The highest BCUT2D eigenvalue weighted by Gasteiger charge is 2.20. The highest BCUT2D eigenvalue weighted by Crippen LogP contribution is 2.25. The smallest absolute Gasteiger partial charge is 0.276 e. The van der Waals surface area contributed by atoms with E-state index in [0.717, 1.165) is 21.7 Å². The first-order valence-corrected chi connectivity index (χ1v) is 8.96. The number of hydrogen-bond acceptors (Lipinski definition) is 5. The molecular weight excluding hydrogens is 350 g/mol. The molecular formula is C19H19N3O3S. The molecule has 0 radical (unpaired) electrons. The molecule has 0 aliphatic rings. The van der Waals surface area contributed by atoms with E-state index in [1.807, 2.05) is 49.6 Å². The van der Waals surface area contributed by atoms with Gasteiger partial charge in [-0.3, -0.25) is 9.59 Å². The van der Waals surface area contributed by atoms with Crippen molar-refractivity contribution in [3.05, 3.63) is 58.6 Å². The molecule has 0 spiro atoms. The van der Waals surface area contributed by atoms with E-state index in [0.29, 0.717) is 5.76 Å². The molecule has 1 N–H and O–H groups in total. The summed E-state index contributed by atoms with van der Waals surface area (Å²) < 4.78 is 5.22. The highest BCUT2D eigenvalue weighted by atomic mass is 32.1. The molecule has 1 aromatic carbocycles. The van der Waals surface area contributed by atoms with Crippen molar-refractivity contribution in [2.45, 2.75) is 13.8 Å². The Morgan fingerprint density at radius 2 is 2.04 bits per heavy atom. The van der Waals surface area contributed by atoms with Crippen LogP contribution in [0.3, 0.4) is 0 Å². The van der Waals surface area contributed by atoms with Gasteiger partial charge in [0.25, 0.3) is 5.91 Å². The van der Waals surface area contributed by atoms with E-state index in [4.69, 9.17) is 4.52 Å². The summed E-state index contributed by atoms with van der Waals surface area (Å²) in [6.45, 7) is 3.85. The molecule has 0 saturated heterocycles. The summed E-state index contributed by atoms with van der Waals surface area (Å²) in [6, 6.07) is 11.1. The molecule has 3 rings (SSSR count). The summed E-state index contributed by atoms with van der Waals surface area (Å²) in [5, 5.41) is 8.58. The van der Waals surface area contributed by atoms with Gasteiger partial charge in [0.1, 0.15) is 0 Å². The van der Waals surface area contributed by atoms with Gasteiger partial charge in [0, 0.05) is 18.8 Å². The third-order valence-corrected chi connectivity index (χ3v) is 4.98. The number of hydrogen-bond donors (Lipinski definition) is 1. The predicted octanol–water partition coefficient (Wildman–Crippen LogP) is 3.73. The fourth-order valence-electron chi connectivity index (χ4n) is 2.47. The van der Waals surface area contributed by atoms with Crippen LogP contribution in [0.2, 0.25) is 0 Å². The van der Waals surface area contributed by atoms with Crippen LogP contribution in [0.25, 0.3) is 10.6 Å². The number of aryl methyl sites for hydroxylation is 1. The third kappa shape index (κ3) is 3.83. The molecule has 2 heterocycles. The number of benzene rings is 1. The maximum absolute atomic E-state index is 12.5. The minimum absolute atomic E-state index is 0.0760. The first-order valence-electron chi connectivity index (χ1n) is 8.08. The number of nitrogens with zero attached hydrogens (tertiary/aromatic N) is 2. The van der Waals surface area contributed by atoms with Crippen molar-refractivity contribution in [1.29, 1.82) is 0 Å². The maximum Gasteiger partial charge on any atom is 0.276 e. The van der Waals surface area contributed by atoms with Gasteiger partial charge < -0.3 is 14.7 Å². The number of carbonyl (C=O) groups is 2. The molecule has 134 valence electrons. The van der Waals surface area contributed by atoms with Crippen molar-refractivity contribution >= 4 is 28.8 Å². The Morgan fingerprint density at radius 3 is 2.77 bits per heavy atom. The summed E-state index contributed by atoms with van der Waals surface area (Å²) in [4.78, 5) is 26.9. The molecule has 0 atom stereocenters. The lowest BCUT2D eigenvalue weighted by Crippen LogP contribution is -2.35. The van der Waals surface area contributed by atoms with Gasteiger partial charge in [-0.15, -0.1) is 11.3 Å².